The molecule has 0 saturated carbocycles. The average molecular weight is 259 g/mol. The molecule has 1 radical (unpaired) electrons. The quantitative estimate of drug-likeness (QED) is 0.813. The molecule has 1 aliphatic heterocycles. The first kappa shape index (κ1) is 13.9. The summed E-state index contributed by atoms with van der Waals surface area (Å²) in [5, 5.41) is 5.75. The lowest BCUT2D eigenvalue weighted by molar-refractivity contribution is 0.162. The lowest BCUT2D eigenvalue weighted by Crippen LogP contribution is -2.48. The van der Waals surface area contributed by atoms with Gasteiger partial charge < -0.3 is 15.3 Å². The predicted octanol–water partition coefficient (Wildman–Crippen LogP) is 2.02. The Balaban J connectivity index is 1.67. The van der Waals surface area contributed by atoms with E-state index in [-0.39, 0.29) is 12.0 Å². The topological polar surface area (TPSA) is 50.4 Å². The highest BCUT2D eigenvalue weighted by Crippen LogP contribution is 2.14. The summed E-state index contributed by atoms with van der Waals surface area (Å²) in [5.41, 5.74) is 1.09. The molecule has 2 amide bonds. The van der Waals surface area contributed by atoms with Gasteiger partial charge in [-0.25, -0.2) is 4.79 Å². The molecule has 19 heavy (non-hydrogen) atoms. The summed E-state index contributed by atoms with van der Waals surface area (Å²) in [7, 11) is 1.75. The first-order chi connectivity index (χ1) is 9.28. The zero-order valence-corrected chi connectivity index (χ0v) is 11.3. The van der Waals surface area contributed by atoms with Gasteiger partial charge in [0, 0.05) is 18.6 Å². The van der Waals surface area contributed by atoms with Gasteiger partial charge in [-0.2, -0.15) is 0 Å². The minimum absolute atomic E-state index is 0.0126. The molecule has 0 bridgehead atoms. The van der Waals surface area contributed by atoms with Gasteiger partial charge in [0.05, 0.1) is 0 Å². The Labute approximate surface area is 115 Å². The monoisotopic (exact) mass is 259 g/mol. The molecule has 0 aliphatic carbocycles. The summed E-state index contributed by atoms with van der Waals surface area (Å²) in [5.74, 6) is 0.0126. The standard InChI is InChI=1S/C14H20BN2O2/c1-2-12-8-9-13(15-19-12)17-14(18)16-10-11-6-4-3-5-7-11/h3-7,12-13H,2,8-10H2,1H3,(H2,16,17,18). The van der Waals surface area contributed by atoms with Gasteiger partial charge in [0.2, 0.25) is 0 Å². The Morgan fingerprint density at radius 3 is 2.79 bits per heavy atom. The van der Waals surface area contributed by atoms with Gasteiger partial charge in [0.15, 0.2) is 0 Å². The van der Waals surface area contributed by atoms with Crippen LogP contribution in [0.2, 0.25) is 0 Å². The largest absolute Gasteiger partial charge is 0.436 e. The van der Waals surface area contributed by atoms with E-state index in [1.165, 1.54) is 0 Å². The van der Waals surface area contributed by atoms with Crippen LogP contribution in [0.5, 0.6) is 0 Å². The van der Waals surface area contributed by atoms with E-state index in [1.807, 2.05) is 30.3 Å². The van der Waals surface area contributed by atoms with Crippen LogP contribution < -0.4 is 10.6 Å². The van der Waals surface area contributed by atoms with Crippen LogP contribution in [-0.2, 0) is 11.2 Å². The summed E-state index contributed by atoms with van der Waals surface area (Å²) in [6.07, 6.45) is 3.27. The van der Waals surface area contributed by atoms with Crippen molar-refractivity contribution in [1.29, 1.82) is 0 Å². The molecule has 4 nitrogen and oxygen atoms in total. The maximum atomic E-state index is 11.7. The Morgan fingerprint density at radius 1 is 1.37 bits per heavy atom. The molecule has 2 N–H and O–H groups in total. The van der Waals surface area contributed by atoms with E-state index in [9.17, 15) is 4.79 Å². The van der Waals surface area contributed by atoms with E-state index in [4.69, 9.17) is 4.65 Å². The fraction of sp³-hybridized carbons (Fsp3) is 0.500. The van der Waals surface area contributed by atoms with E-state index >= 15 is 0 Å². The van der Waals surface area contributed by atoms with Crippen molar-refractivity contribution in [2.75, 3.05) is 0 Å². The van der Waals surface area contributed by atoms with Crippen molar-refractivity contribution in [2.45, 2.75) is 44.8 Å². The number of carbonyl (C=O) groups excluding carboxylic acids is 1. The second kappa shape index (κ2) is 7.19. The van der Waals surface area contributed by atoms with Crippen molar-refractivity contribution in [3.63, 3.8) is 0 Å². The Kier molecular flexibility index (Phi) is 5.27. The molecule has 101 valence electrons. The molecule has 5 heteroatoms. The lowest BCUT2D eigenvalue weighted by atomic mass is 9.79. The zero-order chi connectivity index (χ0) is 13.5. The summed E-state index contributed by atoms with van der Waals surface area (Å²) in [6, 6.07) is 9.71. The molecule has 0 aromatic heterocycles. The molecule has 1 aromatic carbocycles. The third-order valence-corrected chi connectivity index (χ3v) is 3.30. The number of rotatable bonds is 4. The van der Waals surface area contributed by atoms with Crippen LogP contribution >= 0.6 is 0 Å². The fourth-order valence-corrected chi connectivity index (χ4v) is 2.11. The van der Waals surface area contributed by atoms with Crippen LogP contribution in [0.3, 0.4) is 0 Å². The van der Waals surface area contributed by atoms with Crippen LogP contribution in [-0.4, -0.2) is 25.6 Å². The highest BCUT2D eigenvalue weighted by molar-refractivity contribution is 6.30. The van der Waals surface area contributed by atoms with Crippen molar-refractivity contribution in [2.24, 2.45) is 0 Å². The minimum Gasteiger partial charge on any atom is -0.436 e. The van der Waals surface area contributed by atoms with Crippen molar-refractivity contribution in [3.05, 3.63) is 35.9 Å². The maximum Gasteiger partial charge on any atom is 0.317 e. The molecule has 1 fully saturated rings. The second-order valence-electron chi connectivity index (χ2n) is 4.80. The van der Waals surface area contributed by atoms with Gasteiger partial charge >= 0.3 is 13.5 Å². The molecule has 2 unspecified atom stereocenters. The second-order valence-corrected chi connectivity index (χ2v) is 4.80. The smallest absolute Gasteiger partial charge is 0.317 e. The molecule has 2 atom stereocenters. The van der Waals surface area contributed by atoms with Crippen LogP contribution in [0.4, 0.5) is 4.79 Å². The van der Waals surface area contributed by atoms with Crippen molar-refractivity contribution in [3.8, 4) is 0 Å². The van der Waals surface area contributed by atoms with E-state index < -0.39 is 0 Å². The van der Waals surface area contributed by atoms with Crippen LogP contribution in [0.15, 0.2) is 30.3 Å². The summed E-state index contributed by atoms with van der Waals surface area (Å²) < 4.78 is 5.54. The maximum absolute atomic E-state index is 11.7. The van der Waals surface area contributed by atoms with Gasteiger partial charge in [0.1, 0.15) is 0 Å². The molecule has 0 spiro atoms. The van der Waals surface area contributed by atoms with Gasteiger partial charge in [0.25, 0.3) is 0 Å². The summed E-state index contributed by atoms with van der Waals surface area (Å²) in [4.78, 5) is 11.7. The fourth-order valence-electron chi connectivity index (χ4n) is 2.11. The van der Waals surface area contributed by atoms with Crippen molar-refractivity contribution in [1.82, 2.24) is 10.6 Å². The molecule has 1 saturated heterocycles. The van der Waals surface area contributed by atoms with E-state index in [0.717, 1.165) is 24.8 Å². The first-order valence-corrected chi connectivity index (χ1v) is 6.85. The SMILES string of the molecule is CCC1CCC(NC(=O)NCc2ccccc2)[B]O1. The molecular formula is C14H20BN2O2. The number of amides is 2. The molecule has 1 heterocycles. The zero-order valence-electron chi connectivity index (χ0n) is 11.3. The van der Waals surface area contributed by atoms with Crippen LogP contribution in [0.25, 0.3) is 0 Å². The Bertz CT molecular complexity index is 392. The van der Waals surface area contributed by atoms with Gasteiger partial charge in [-0.1, -0.05) is 37.3 Å². The van der Waals surface area contributed by atoms with E-state index in [1.54, 1.807) is 7.48 Å². The average Bonchev–Trinajstić information content (AvgIpc) is 2.47. The number of hydrogen-bond donors (Lipinski definition) is 2. The number of carbonyl (C=O) groups is 1. The highest BCUT2D eigenvalue weighted by Gasteiger charge is 2.23. The van der Waals surface area contributed by atoms with Crippen LogP contribution in [0.1, 0.15) is 31.7 Å². The third-order valence-electron chi connectivity index (χ3n) is 3.30. The molecular weight excluding hydrogens is 239 g/mol. The van der Waals surface area contributed by atoms with E-state index in [0.29, 0.717) is 12.6 Å². The number of hydrogen-bond acceptors (Lipinski definition) is 2. The molecule has 1 aliphatic rings. The van der Waals surface area contributed by atoms with Gasteiger partial charge in [-0.05, 0) is 24.8 Å². The number of benzene rings is 1. The normalized spacial score (nSPS) is 22.4. The summed E-state index contributed by atoms with van der Waals surface area (Å²) >= 11 is 0. The number of urea groups is 1. The Morgan fingerprint density at radius 2 is 2.16 bits per heavy atom. The highest BCUT2D eigenvalue weighted by atomic mass is 16.4. The first-order valence-electron chi connectivity index (χ1n) is 6.85. The van der Waals surface area contributed by atoms with Gasteiger partial charge in [-0.3, -0.25) is 0 Å². The molecule has 2 rings (SSSR count). The van der Waals surface area contributed by atoms with Crippen molar-refractivity contribution < 1.29 is 9.45 Å². The van der Waals surface area contributed by atoms with Crippen LogP contribution in [0, 0.1) is 0 Å². The number of nitrogens with one attached hydrogen (secondary N) is 2. The molecule has 1 aromatic rings. The van der Waals surface area contributed by atoms with Gasteiger partial charge in [-0.15, -0.1) is 0 Å². The predicted molar refractivity (Wildman–Crippen MR) is 75.8 cm³/mol. The summed E-state index contributed by atoms with van der Waals surface area (Å²) in [6.45, 7) is 2.65. The lowest BCUT2D eigenvalue weighted by Gasteiger charge is -2.28. The third kappa shape index (κ3) is 4.60. The van der Waals surface area contributed by atoms with Crippen molar-refractivity contribution >= 4 is 13.5 Å². The minimum atomic E-state index is -0.149. The Hall–Kier alpha value is -1.49. The van der Waals surface area contributed by atoms with E-state index in [2.05, 4.69) is 17.6 Å².